The summed E-state index contributed by atoms with van der Waals surface area (Å²) in [4.78, 5) is 45.7. The summed E-state index contributed by atoms with van der Waals surface area (Å²) in [7, 11) is -5.44. The lowest BCUT2D eigenvalue weighted by molar-refractivity contribution is -0.347. The van der Waals surface area contributed by atoms with Gasteiger partial charge in [0.1, 0.15) is 18.3 Å². The van der Waals surface area contributed by atoms with Gasteiger partial charge in [-0.15, -0.1) is 0 Å². The molecule has 0 spiro atoms. The maximum Gasteiger partial charge on any atom is 0.330 e. The van der Waals surface area contributed by atoms with Crippen molar-refractivity contribution in [2.24, 2.45) is 0 Å². The van der Waals surface area contributed by atoms with E-state index >= 15 is 0 Å². The topological polar surface area (TPSA) is 177 Å². The average molecular weight is 322 g/mol. The Morgan fingerprint density at radius 3 is 2.67 bits per heavy atom. The summed E-state index contributed by atoms with van der Waals surface area (Å²) in [5, 5.41) is 19.0. The highest BCUT2D eigenvalue weighted by Gasteiger charge is 2.46. The van der Waals surface area contributed by atoms with Crippen LogP contribution in [0.5, 0.6) is 0 Å². The number of H-pyrrole nitrogens is 1. The standard InChI is InChI=1S/C9H13N2O9P/c12-3-4-7(20-21(16,17)18)6(14)8(19-4)11-2-1-5(13)10-9(11)15/h1-2,4,6-8,12,14H,3H2,(H,10,13,15)(H2,16,17,18)/p-2/t4-,6-,7+,8?/m1/s1. The van der Waals surface area contributed by atoms with Crippen molar-refractivity contribution in [3.05, 3.63) is 33.1 Å². The molecular weight excluding hydrogens is 311 g/mol. The lowest BCUT2D eigenvalue weighted by Gasteiger charge is -2.34. The quantitative estimate of drug-likeness (QED) is 0.466. The van der Waals surface area contributed by atoms with Crippen molar-refractivity contribution >= 4 is 7.82 Å². The first-order valence-electron chi connectivity index (χ1n) is 5.69. The largest absolute Gasteiger partial charge is 0.790 e. The van der Waals surface area contributed by atoms with Crippen LogP contribution in [-0.4, -0.2) is 44.7 Å². The Morgan fingerprint density at radius 2 is 2.14 bits per heavy atom. The van der Waals surface area contributed by atoms with E-state index in [0.717, 1.165) is 16.8 Å². The fourth-order valence-electron chi connectivity index (χ4n) is 2.00. The van der Waals surface area contributed by atoms with Crippen LogP contribution in [0.3, 0.4) is 0 Å². The molecule has 1 aliphatic heterocycles. The van der Waals surface area contributed by atoms with Crippen molar-refractivity contribution in [1.82, 2.24) is 9.55 Å². The highest BCUT2D eigenvalue weighted by Crippen LogP contribution is 2.38. The van der Waals surface area contributed by atoms with Crippen molar-refractivity contribution in [3.8, 4) is 0 Å². The molecule has 1 aromatic heterocycles. The first-order valence-corrected chi connectivity index (χ1v) is 7.15. The maximum absolute atomic E-state index is 11.6. The molecule has 1 fully saturated rings. The zero-order valence-electron chi connectivity index (χ0n) is 10.3. The summed E-state index contributed by atoms with van der Waals surface area (Å²) in [6.45, 7) is -0.754. The maximum atomic E-state index is 11.6. The minimum absolute atomic E-state index is 0.682. The SMILES string of the molecule is O=c1ccn(C2O[C@H](CO)[C@H](OP(=O)([O-])[O-])[C@H]2O)c(=O)[nH]1. The Bertz CT molecular complexity index is 664. The van der Waals surface area contributed by atoms with Crippen LogP contribution in [0.2, 0.25) is 0 Å². The number of nitrogens with one attached hydrogen (secondary N) is 1. The predicted octanol–water partition coefficient (Wildman–Crippen LogP) is -4.00. The molecule has 2 heterocycles. The van der Waals surface area contributed by atoms with E-state index in [1.54, 1.807) is 0 Å². The van der Waals surface area contributed by atoms with Crippen LogP contribution in [0.4, 0.5) is 0 Å². The van der Waals surface area contributed by atoms with Gasteiger partial charge in [-0.05, 0) is 0 Å². The van der Waals surface area contributed by atoms with E-state index in [0.29, 0.717) is 0 Å². The van der Waals surface area contributed by atoms with Crippen molar-refractivity contribution < 1.29 is 33.8 Å². The third kappa shape index (κ3) is 3.47. The summed E-state index contributed by atoms with van der Waals surface area (Å²) >= 11 is 0. The molecule has 118 valence electrons. The van der Waals surface area contributed by atoms with Crippen molar-refractivity contribution in [2.45, 2.75) is 24.5 Å². The highest BCUT2D eigenvalue weighted by molar-refractivity contribution is 7.43. The molecule has 1 unspecified atom stereocenters. The Hall–Kier alpha value is -1.33. The normalized spacial score (nSPS) is 29.7. The molecule has 1 saturated heterocycles. The van der Waals surface area contributed by atoms with Gasteiger partial charge in [0.05, 0.1) is 14.4 Å². The smallest absolute Gasteiger partial charge is 0.330 e. The van der Waals surface area contributed by atoms with Crippen LogP contribution in [-0.2, 0) is 13.8 Å². The monoisotopic (exact) mass is 322 g/mol. The number of aliphatic hydroxyl groups is 2. The van der Waals surface area contributed by atoms with Gasteiger partial charge in [0.25, 0.3) is 5.56 Å². The van der Waals surface area contributed by atoms with Crippen LogP contribution >= 0.6 is 7.82 Å². The van der Waals surface area contributed by atoms with Crippen LogP contribution in [0, 0.1) is 0 Å². The third-order valence-electron chi connectivity index (χ3n) is 2.87. The minimum Gasteiger partial charge on any atom is -0.790 e. The summed E-state index contributed by atoms with van der Waals surface area (Å²) in [5.74, 6) is 0. The fourth-order valence-corrected chi connectivity index (χ4v) is 2.56. The fraction of sp³-hybridized carbons (Fsp3) is 0.556. The molecule has 12 heteroatoms. The van der Waals surface area contributed by atoms with Gasteiger partial charge < -0.3 is 33.8 Å². The van der Waals surface area contributed by atoms with E-state index < -0.39 is 50.2 Å². The zero-order valence-corrected chi connectivity index (χ0v) is 11.2. The second kappa shape index (κ2) is 5.81. The van der Waals surface area contributed by atoms with E-state index in [-0.39, 0.29) is 0 Å². The van der Waals surface area contributed by atoms with E-state index in [9.17, 15) is 29.0 Å². The number of rotatable bonds is 4. The van der Waals surface area contributed by atoms with Crippen molar-refractivity contribution in [2.75, 3.05) is 6.61 Å². The number of aromatic amines is 1. The Labute approximate surface area is 116 Å². The lowest BCUT2D eigenvalue weighted by atomic mass is 10.1. The molecule has 1 aliphatic rings. The molecule has 0 saturated carbocycles. The molecule has 3 N–H and O–H groups in total. The minimum atomic E-state index is -5.44. The lowest BCUT2D eigenvalue weighted by Crippen LogP contribution is -2.40. The molecule has 21 heavy (non-hydrogen) atoms. The van der Waals surface area contributed by atoms with Gasteiger partial charge in [0, 0.05) is 12.3 Å². The number of hydrogen-bond acceptors (Lipinski definition) is 9. The van der Waals surface area contributed by atoms with E-state index in [1.165, 1.54) is 0 Å². The Balaban J connectivity index is 2.33. The number of ether oxygens (including phenoxy) is 1. The first-order chi connectivity index (χ1) is 9.73. The summed E-state index contributed by atoms with van der Waals surface area (Å²) < 4.78 is 20.7. The number of phosphoric acid groups is 1. The second-order valence-electron chi connectivity index (χ2n) is 4.27. The van der Waals surface area contributed by atoms with Gasteiger partial charge in [-0.2, -0.15) is 0 Å². The number of hydrogen-bond donors (Lipinski definition) is 3. The zero-order chi connectivity index (χ0) is 15.8. The van der Waals surface area contributed by atoms with E-state index in [1.807, 2.05) is 4.98 Å². The van der Waals surface area contributed by atoms with Crippen molar-refractivity contribution in [1.29, 1.82) is 0 Å². The molecule has 0 bridgehead atoms. The molecule has 1 aromatic rings. The summed E-state index contributed by atoms with van der Waals surface area (Å²) in [6.07, 6.45) is -5.13. The van der Waals surface area contributed by atoms with Gasteiger partial charge in [-0.25, -0.2) is 4.79 Å². The first kappa shape index (κ1) is 16.0. The predicted molar refractivity (Wildman–Crippen MR) is 60.8 cm³/mol. The second-order valence-corrected chi connectivity index (χ2v) is 5.38. The third-order valence-corrected chi connectivity index (χ3v) is 3.37. The van der Waals surface area contributed by atoms with Crippen LogP contribution in [0.25, 0.3) is 0 Å². The molecule has 11 nitrogen and oxygen atoms in total. The van der Waals surface area contributed by atoms with Crippen LogP contribution < -0.4 is 21.0 Å². The molecular formula is C9H11N2O9P-2. The molecule has 0 aliphatic carbocycles. The number of aromatic nitrogens is 2. The Morgan fingerprint density at radius 1 is 1.48 bits per heavy atom. The average Bonchev–Trinajstić information content (AvgIpc) is 2.65. The molecule has 2 rings (SSSR count). The Kier molecular flexibility index (Phi) is 4.44. The van der Waals surface area contributed by atoms with Gasteiger partial charge in [0.2, 0.25) is 0 Å². The summed E-state index contributed by atoms with van der Waals surface area (Å²) in [5.41, 5.74) is -1.60. The molecule has 0 aromatic carbocycles. The van der Waals surface area contributed by atoms with Gasteiger partial charge in [-0.1, -0.05) is 0 Å². The van der Waals surface area contributed by atoms with Gasteiger partial charge in [-0.3, -0.25) is 14.3 Å². The number of aliphatic hydroxyl groups excluding tert-OH is 2. The summed E-state index contributed by atoms with van der Waals surface area (Å²) in [6, 6.07) is 0.978. The molecule has 0 radical (unpaired) electrons. The highest BCUT2D eigenvalue weighted by atomic mass is 31.2. The van der Waals surface area contributed by atoms with Gasteiger partial charge >= 0.3 is 5.69 Å². The van der Waals surface area contributed by atoms with Crippen LogP contribution in [0.15, 0.2) is 21.9 Å². The molecule has 4 atom stereocenters. The molecule has 0 amide bonds. The van der Waals surface area contributed by atoms with Crippen molar-refractivity contribution in [3.63, 3.8) is 0 Å². The van der Waals surface area contributed by atoms with Crippen LogP contribution in [0.1, 0.15) is 6.23 Å². The van der Waals surface area contributed by atoms with E-state index in [2.05, 4.69) is 4.52 Å². The number of phosphoric ester groups is 1. The van der Waals surface area contributed by atoms with Gasteiger partial charge in [0.15, 0.2) is 6.23 Å². The number of nitrogens with zero attached hydrogens (tertiary/aromatic N) is 1. The van der Waals surface area contributed by atoms with E-state index in [4.69, 9.17) is 9.84 Å².